The van der Waals surface area contributed by atoms with Crippen LogP contribution in [0.1, 0.15) is 39.5 Å². The Hall–Kier alpha value is -1.25. The van der Waals surface area contributed by atoms with E-state index in [0.717, 1.165) is 24.6 Å². The molecule has 3 nitrogen and oxygen atoms in total. The minimum Gasteiger partial charge on any atom is -0.396 e. The molecule has 17 heavy (non-hydrogen) atoms. The van der Waals surface area contributed by atoms with Crippen LogP contribution in [0, 0.1) is 5.41 Å². The van der Waals surface area contributed by atoms with Crippen LogP contribution in [-0.2, 0) is 0 Å². The Morgan fingerprint density at radius 2 is 1.94 bits per heavy atom. The van der Waals surface area contributed by atoms with E-state index in [-0.39, 0.29) is 0 Å². The van der Waals surface area contributed by atoms with Gasteiger partial charge in [-0.2, -0.15) is 0 Å². The first-order valence-corrected chi connectivity index (χ1v) is 6.66. The van der Waals surface area contributed by atoms with Crippen molar-refractivity contribution in [3.05, 3.63) is 18.3 Å². The quantitative estimate of drug-likeness (QED) is 0.872. The Labute approximate surface area is 104 Å². The van der Waals surface area contributed by atoms with E-state index in [1.54, 1.807) is 0 Å². The number of hydrogen-bond acceptors (Lipinski definition) is 3. The van der Waals surface area contributed by atoms with E-state index in [2.05, 4.69) is 23.7 Å². The highest BCUT2D eigenvalue weighted by molar-refractivity contribution is 5.62. The third-order valence-electron chi connectivity index (χ3n) is 4.44. The van der Waals surface area contributed by atoms with Gasteiger partial charge in [0.2, 0.25) is 0 Å². The smallest absolute Gasteiger partial charge is 0.151 e. The number of nitrogens with zero attached hydrogens (tertiary/aromatic N) is 2. The molecule has 2 heterocycles. The van der Waals surface area contributed by atoms with E-state index in [9.17, 15) is 0 Å². The van der Waals surface area contributed by atoms with Crippen molar-refractivity contribution in [3.63, 3.8) is 0 Å². The van der Waals surface area contributed by atoms with E-state index < -0.39 is 0 Å². The molecule has 1 aromatic rings. The number of pyridine rings is 1. The van der Waals surface area contributed by atoms with Gasteiger partial charge in [-0.25, -0.2) is 4.98 Å². The molecule has 0 bridgehead atoms. The lowest BCUT2D eigenvalue weighted by atomic mass is 9.74. The summed E-state index contributed by atoms with van der Waals surface area (Å²) < 4.78 is 0. The third-order valence-corrected chi connectivity index (χ3v) is 4.44. The van der Waals surface area contributed by atoms with Gasteiger partial charge < -0.3 is 10.6 Å². The lowest BCUT2D eigenvalue weighted by Crippen LogP contribution is -2.40. The molecule has 1 aliphatic rings. The predicted molar refractivity (Wildman–Crippen MR) is 73.1 cm³/mol. The summed E-state index contributed by atoms with van der Waals surface area (Å²) in [6.07, 6.45) is 6.92. The van der Waals surface area contributed by atoms with Crippen molar-refractivity contribution in [1.82, 2.24) is 4.98 Å². The number of nitrogens with two attached hydrogens (primary N) is 1. The average Bonchev–Trinajstić information content (AvgIpc) is 2.40. The van der Waals surface area contributed by atoms with Gasteiger partial charge in [-0.3, -0.25) is 0 Å². The lowest BCUT2D eigenvalue weighted by molar-refractivity contribution is 0.199. The molecular formula is C14H23N3. The summed E-state index contributed by atoms with van der Waals surface area (Å²) >= 11 is 0. The molecule has 2 N–H and O–H groups in total. The summed E-state index contributed by atoms with van der Waals surface area (Å²) in [4.78, 5) is 6.73. The van der Waals surface area contributed by atoms with Crippen LogP contribution in [0.5, 0.6) is 0 Å². The summed E-state index contributed by atoms with van der Waals surface area (Å²) in [7, 11) is 0. The minimum atomic E-state index is 0.556. The Balaban J connectivity index is 2.07. The van der Waals surface area contributed by atoms with Crippen LogP contribution in [0.4, 0.5) is 11.5 Å². The molecule has 94 valence electrons. The SMILES string of the molecule is CCC1(CC)CCN(c2ncccc2N)CC1. The zero-order valence-corrected chi connectivity index (χ0v) is 10.9. The maximum Gasteiger partial charge on any atom is 0.151 e. The van der Waals surface area contributed by atoms with Gasteiger partial charge in [-0.15, -0.1) is 0 Å². The molecule has 0 radical (unpaired) electrons. The number of hydrogen-bond donors (Lipinski definition) is 1. The monoisotopic (exact) mass is 233 g/mol. The highest BCUT2D eigenvalue weighted by Crippen LogP contribution is 2.39. The predicted octanol–water partition coefficient (Wildman–Crippen LogP) is 3.07. The third kappa shape index (κ3) is 2.38. The number of piperidine rings is 1. The van der Waals surface area contributed by atoms with Gasteiger partial charge >= 0.3 is 0 Å². The van der Waals surface area contributed by atoms with Crippen LogP contribution in [0.15, 0.2) is 18.3 Å². The van der Waals surface area contributed by atoms with Crippen LogP contribution < -0.4 is 10.6 Å². The maximum absolute atomic E-state index is 5.98. The molecule has 1 aliphatic heterocycles. The number of aromatic nitrogens is 1. The second-order valence-corrected chi connectivity index (χ2v) is 5.11. The standard InChI is InChI=1S/C14H23N3/c1-3-14(4-2)7-10-17(11-8-14)13-12(15)6-5-9-16-13/h5-6,9H,3-4,7-8,10-11,15H2,1-2H3. The zero-order chi connectivity index (χ0) is 12.3. The zero-order valence-electron chi connectivity index (χ0n) is 10.9. The molecule has 0 saturated carbocycles. The van der Waals surface area contributed by atoms with Crippen molar-refractivity contribution in [2.45, 2.75) is 39.5 Å². The highest BCUT2D eigenvalue weighted by Gasteiger charge is 2.31. The van der Waals surface area contributed by atoms with E-state index >= 15 is 0 Å². The van der Waals surface area contributed by atoms with Crippen LogP contribution >= 0.6 is 0 Å². The Bertz CT molecular complexity index is 361. The van der Waals surface area contributed by atoms with E-state index in [1.165, 1.54) is 25.7 Å². The summed E-state index contributed by atoms with van der Waals surface area (Å²) in [5.41, 5.74) is 7.33. The first-order chi connectivity index (χ1) is 8.21. The number of anilines is 2. The molecule has 0 unspecified atom stereocenters. The van der Waals surface area contributed by atoms with Gasteiger partial charge in [0, 0.05) is 19.3 Å². The maximum atomic E-state index is 5.98. The minimum absolute atomic E-state index is 0.556. The molecule has 0 aliphatic carbocycles. The largest absolute Gasteiger partial charge is 0.396 e. The summed E-state index contributed by atoms with van der Waals surface area (Å²) in [5, 5.41) is 0. The Morgan fingerprint density at radius 1 is 1.29 bits per heavy atom. The van der Waals surface area contributed by atoms with Gasteiger partial charge in [-0.1, -0.05) is 26.7 Å². The van der Waals surface area contributed by atoms with E-state index in [0.29, 0.717) is 5.41 Å². The van der Waals surface area contributed by atoms with Gasteiger partial charge in [0.15, 0.2) is 5.82 Å². The fourth-order valence-electron chi connectivity index (χ4n) is 2.82. The van der Waals surface area contributed by atoms with E-state index in [1.807, 2.05) is 18.3 Å². The molecule has 3 heteroatoms. The van der Waals surface area contributed by atoms with Crippen LogP contribution in [0.2, 0.25) is 0 Å². The van der Waals surface area contributed by atoms with Crippen LogP contribution in [-0.4, -0.2) is 18.1 Å². The van der Waals surface area contributed by atoms with Gasteiger partial charge in [0.1, 0.15) is 0 Å². The molecule has 0 aromatic carbocycles. The molecule has 1 fully saturated rings. The molecule has 0 spiro atoms. The summed E-state index contributed by atoms with van der Waals surface area (Å²) in [5.74, 6) is 0.966. The molecule has 0 amide bonds. The van der Waals surface area contributed by atoms with Crippen LogP contribution in [0.25, 0.3) is 0 Å². The highest BCUT2D eigenvalue weighted by atomic mass is 15.2. The van der Waals surface area contributed by atoms with E-state index in [4.69, 9.17) is 5.73 Å². The van der Waals surface area contributed by atoms with Gasteiger partial charge in [0.25, 0.3) is 0 Å². The first kappa shape index (κ1) is 12.2. The second kappa shape index (κ2) is 4.94. The molecule has 0 atom stereocenters. The van der Waals surface area contributed by atoms with Gasteiger partial charge in [0.05, 0.1) is 5.69 Å². The van der Waals surface area contributed by atoms with Crippen molar-refractivity contribution in [3.8, 4) is 0 Å². The topological polar surface area (TPSA) is 42.2 Å². The first-order valence-electron chi connectivity index (χ1n) is 6.66. The van der Waals surface area contributed by atoms with Crippen LogP contribution in [0.3, 0.4) is 0 Å². The van der Waals surface area contributed by atoms with Crippen molar-refractivity contribution in [2.75, 3.05) is 23.7 Å². The number of rotatable bonds is 3. The fourth-order valence-corrected chi connectivity index (χ4v) is 2.82. The van der Waals surface area contributed by atoms with Crippen molar-refractivity contribution in [1.29, 1.82) is 0 Å². The second-order valence-electron chi connectivity index (χ2n) is 5.11. The average molecular weight is 233 g/mol. The normalized spacial score (nSPS) is 19.3. The molecule has 2 rings (SSSR count). The lowest BCUT2D eigenvalue weighted by Gasteiger charge is -2.41. The summed E-state index contributed by atoms with van der Waals surface area (Å²) in [6, 6.07) is 3.83. The van der Waals surface area contributed by atoms with Crippen molar-refractivity contribution < 1.29 is 0 Å². The summed E-state index contributed by atoms with van der Waals surface area (Å²) in [6.45, 7) is 6.80. The Kier molecular flexibility index (Phi) is 3.55. The number of nitrogen functional groups attached to an aromatic ring is 1. The van der Waals surface area contributed by atoms with Crippen molar-refractivity contribution in [2.24, 2.45) is 5.41 Å². The Morgan fingerprint density at radius 3 is 2.47 bits per heavy atom. The molecule has 1 aromatic heterocycles. The molecular weight excluding hydrogens is 210 g/mol. The van der Waals surface area contributed by atoms with Gasteiger partial charge in [-0.05, 0) is 30.4 Å². The molecule has 1 saturated heterocycles. The van der Waals surface area contributed by atoms with Crippen molar-refractivity contribution >= 4 is 11.5 Å². The fraction of sp³-hybridized carbons (Fsp3) is 0.643.